The van der Waals surface area contributed by atoms with Gasteiger partial charge in [0.25, 0.3) is 0 Å². The van der Waals surface area contributed by atoms with Gasteiger partial charge in [-0.15, -0.1) is 5.10 Å². The molecule has 8 nitrogen and oxygen atoms in total. The van der Waals surface area contributed by atoms with Crippen LogP contribution in [0.5, 0.6) is 0 Å². The monoisotopic (exact) mass is 341 g/mol. The number of nitrogens with zero attached hydrogens (tertiary/aromatic N) is 6. The van der Waals surface area contributed by atoms with Crippen LogP contribution >= 0.6 is 0 Å². The summed E-state index contributed by atoms with van der Waals surface area (Å²) in [5.74, 6) is 0.623. The molecule has 0 aliphatic heterocycles. The summed E-state index contributed by atoms with van der Waals surface area (Å²) in [5, 5.41) is 14.3. The Bertz CT molecular complexity index is 731. The molecule has 2 aromatic heterocycles. The van der Waals surface area contributed by atoms with Gasteiger partial charge in [-0.1, -0.05) is 0 Å². The van der Waals surface area contributed by atoms with E-state index in [0.717, 1.165) is 18.4 Å². The number of hydrogen-bond donors (Lipinski definition) is 1. The average Bonchev–Trinajstić information content (AvgIpc) is 3.18. The summed E-state index contributed by atoms with van der Waals surface area (Å²) >= 11 is 0. The number of carbonyl (C=O) groups is 1. The number of anilines is 1. The Morgan fingerprint density at radius 1 is 1.36 bits per heavy atom. The van der Waals surface area contributed by atoms with E-state index in [9.17, 15) is 4.79 Å². The normalized spacial score (nSPS) is 18.9. The molecule has 0 unspecified atom stereocenters. The van der Waals surface area contributed by atoms with Gasteiger partial charge >= 0.3 is 6.03 Å². The van der Waals surface area contributed by atoms with Crippen molar-refractivity contribution in [2.45, 2.75) is 51.1 Å². The molecule has 0 aromatic carbocycles. The topological polar surface area (TPSA) is 88.8 Å². The molecule has 1 N–H and O–H groups in total. The van der Waals surface area contributed by atoms with Crippen LogP contribution in [0.2, 0.25) is 0 Å². The van der Waals surface area contributed by atoms with Gasteiger partial charge in [0.15, 0.2) is 0 Å². The van der Waals surface area contributed by atoms with Crippen LogP contribution in [-0.4, -0.2) is 44.3 Å². The average molecular weight is 341 g/mol. The molecule has 2 aliphatic rings. The van der Waals surface area contributed by atoms with E-state index in [4.69, 9.17) is 0 Å². The third kappa shape index (κ3) is 3.62. The number of carbonyl (C=O) groups excluding carboxylic acids is 1. The predicted molar refractivity (Wildman–Crippen MR) is 92.0 cm³/mol. The fourth-order valence-electron chi connectivity index (χ4n) is 3.61. The number of nitrogens with one attached hydrogen (secondary N) is 1. The Morgan fingerprint density at radius 3 is 2.84 bits per heavy atom. The first-order valence-electron chi connectivity index (χ1n) is 8.84. The number of tetrazole rings is 1. The Hall–Kier alpha value is -2.51. The van der Waals surface area contributed by atoms with Crippen LogP contribution in [0.4, 0.5) is 10.6 Å². The van der Waals surface area contributed by atoms with Gasteiger partial charge in [-0.3, -0.25) is 4.90 Å². The summed E-state index contributed by atoms with van der Waals surface area (Å²) < 4.78 is 1.63. The van der Waals surface area contributed by atoms with Crippen LogP contribution in [0.1, 0.15) is 44.1 Å². The minimum absolute atomic E-state index is 0.0937. The van der Waals surface area contributed by atoms with E-state index < -0.39 is 0 Å². The second-order valence-electron chi connectivity index (χ2n) is 7.31. The Balaban J connectivity index is 1.36. The van der Waals surface area contributed by atoms with Gasteiger partial charge in [-0.05, 0) is 72.1 Å². The zero-order valence-corrected chi connectivity index (χ0v) is 14.4. The predicted octanol–water partition coefficient (Wildman–Crippen LogP) is 1.98. The summed E-state index contributed by atoms with van der Waals surface area (Å²) in [4.78, 5) is 18.4. The van der Waals surface area contributed by atoms with Crippen molar-refractivity contribution in [3.05, 3.63) is 30.2 Å². The van der Waals surface area contributed by atoms with Gasteiger partial charge in [0.05, 0.1) is 6.54 Å². The fourth-order valence-corrected chi connectivity index (χ4v) is 3.61. The van der Waals surface area contributed by atoms with Crippen molar-refractivity contribution < 1.29 is 4.79 Å². The molecule has 0 bridgehead atoms. The lowest BCUT2D eigenvalue weighted by atomic mass is 9.83. The number of aromatic nitrogens is 5. The summed E-state index contributed by atoms with van der Waals surface area (Å²) in [6, 6.07) is 3.98. The van der Waals surface area contributed by atoms with Crippen molar-refractivity contribution in [1.82, 2.24) is 30.5 Å². The zero-order chi connectivity index (χ0) is 17.3. The van der Waals surface area contributed by atoms with E-state index in [2.05, 4.69) is 25.8 Å². The van der Waals surface area contributed by atoms with Gasteiger partial charge in [-0.25, -0.2) is 14.5 Å². The maximum absolute atomic E-state index is 12.6. The Labute approximate surface area is 146 Å². The SMILES string of the molecule is CN(C(=O)NC1CCC2(CC1)CC2)c1cc(Cn2cnnn2)ccn1. The highest BCUT2D eigenvalue weighted by Gasteiger charge is 2.44. The maximum Gasteiger partial charge on any atom is 0.323 e. The minimum Gasteiger partial charge on any atom is -0.335 e. The molecule has 25 heavy (non-hydrogen) atoms. The van der Waals surface area contributed by atoms with Crippen molar-refractivity contribution in [2.24, 2.45) is 5.41 Å². The molecular weight excluding hydrogens is 318 g/mol. The van der Waals surface area contributed by atoms with Crippen LogP contribution in [0.25, 0.3) is 0 Å². The van der Waals surface area contributed by atoms with Crippen LogP contribution in [-0.2, 0) is 6.54 Å². The Morgan fingerprint density at radius 2 is 2.16 bits per heavy atom. The van der Waals surface area contributed by atoms with Crippen molar-refractivity contribution in [2.75, 3.05) is 11.9 Å². The highest BCUT2D eigenvalue weighted by molar-refractivity contribution is 5.90. The molecule has 8 heteroatoms. The third-order valence-corrected chi connectivity index (χ3v) is 5.53. The van der Waals surface area contributed by atoms with Gasteiger partial charge in [0, 0.05) is 19.3 Å². The first-order chi connectivity index (χ1) is 12.1. The molecule has 4 rings (SSSR count). The highest BCUT2D eigenvalue weighted by atomic mass is 16.2. The third-order valence-electron chi connectivity index (χ3n) is 5.53. The van der Waals surface area contributed by atoms with Crippen LogP contribution in [0, 0.1) is 5.41 Å². The van der Waals surface area contributed by atoms with Crippen LogP contribution in [0.15, 0.2) is 24.7 Å². The van der Waals surface area contributed by atoms with E-state index in [0.29, 0.717) is 17.8 Å². The molecule has 2 fully saturated rings. The molecule has 2 heterocycles. The number of urea groups is 1. The lowest BCUT2D eigenvalue weighted by molar-refractivity contribution is 0.230. The smallest absolute Gasteiger partial charge is 0.323 e. The second-order valence-corrected chi connectivity index (χ2v) is 7.31. The van der Waals surface area contributed by atoms with E-state index >= 15 is 0 Å². The zero-order valence-electron chi connectivity index (χ0n) is 14.4. The highest BCUT2D eigenvalue weighted by Crippen LogP contribution is 2.56. The molecule has 0 radical (unpaired) electrons. The second kappa shape index (κ2) is 6.42. The summed E-state index contributed by atoms with van der Waals surface area (Å²) in [7, 11) is 1.75. The molecule has 0 atom stereocenters. The van der Waals surface area contributed by atoms with Gasteiger partial charge in [0.2, 0.25) is 0 Å². The standard InChI is InChI=1S/C17H23N7O/c1-23(16(25)20-14-2-5-17(6-3-14)7-8-17)15-10-13(4-9-18-15)11-24-12-19-21-22-24/h4,9-10,12,14H,2-3,5-8,11H2,1H3,(H,20,25). The molecule has 2 aromatic rings. The Kier molecular flexibility index (Phi) is 4.10. The first kappa shape index (κ1) is 16.0. The largest absolute Gasteiger partial charge is 0.335 e. The number of rotatable bonds is 4. The van der Waals surface area contributed by atoms with E-state index in [-0.39, 0.29) is 12.1 Å². The lowest BCUT2D eigenvalue weighted by Gasteiger charge is -2.30. The lowest BCUT2D eigenvalue weighted by Crippen LogP contribution is -2.45. The van der Waals surface area contributed by atoms with Crippen molar-refractivity contribution >= 4 is 11.8 Å². The molecule has 0 saturated heterocycles. The molecule has 2 aliphatic carbocycles. The maximum atomic E-state index is 12.6. The summed E-state index contributed by atoms with van der Waals surface area (Å²) in [5.41, 5.74) is 1.63. The quantitative estimate of drug-likeness (QED) is 0.918. The summed E-state index contributed by atoms with van der Waals surface area (Å²) in [6.07, 6.45) is 10.7. The van der Waals surface area contributed by atoms with Crippen molar-refractivity contribution in [3.63, 3.8) is 0 Å². The number of pyridine rings is 1. The van der Waals surface area contributed by atoms with Crippen LogP contribution < -0.4 is 10.2 Å². The van der Waals surface area contributed by atoms with Gasteiger partial charge in [-0.2, -0.15) is 0 Å². The van der Waals surface area contributed by atoms with E-state index in [1.807, 2.05) is 12.1 Å². The molecule has 2 amide bonds. The van der Waals surface area contributed by atoms with Gasteiger partial charge < -0.3 is 5.32 Å². The van der Waals surface area contributed by atoms with Crippen molar-refractivity contribution in [1.29, 1.82) is 0 Å². The van der Waals surface area contributed by atoms with Gasteiger partial charge in [0.1, 0.15) is 12.1 Å². The van der Waals surface area contributed by atoms with E-state index in [1.54, 1.807) is 29.2 Å². The van der Waals surface area contributed by atoms with Crippen LogP contribution in [0.3, 0.4) is 0 Å². The molecule has 2 saturated carbocycles. The van der Waals surface area contributed by atoms with E-state index in [1.165, 1.54) is 25.7 Å². The van der Waals surface area contributed by atoms with Crippen molar-refractivity contribution in [3.8, 4) is 0 Å². The molecular formula is C17H23N7O. The number of amides is 2. The molecule has 132 valence electrons. The fraction of sp³-hybridized carbons (Fsp3) is 0.588. The first-order valence-corrected chi connectivity index (χ1v) is 8.84. The molecule has 1 spiro atoms. The minimum atomic E-state index is -0.0937. The summed E-state index contributed by atoms with van der Waals surface area (Å²) in [6.45, 7) is 0.544. The number of hydrogen-bond acceptors (Lipinski definition) is 5.